The molecule has 2 aromatic carbocycles. The number of β-amino-alcohol motifs (C(OH)–C–C–N with tert-alkyl or cyclic N) is 1. The number of nitrogens with one attached hydrogen (secondary N) is 1. The van der Waals surface area contributed by atoms with Gasteiger partial charge in [-0.15, -0.1) is 0 Å². The van der Waals surface area contributed by atoms with Crippen LogP contribution in [0.2, 0.25) is 5.02 Å². The van der Waals surface area contributed by atoms with Gasteiger partial charge in [0, 0.05) is 35.0 Å². The first-order valence-corrected chi connectivity index (χ1v) is 12.3. The number of nitrogens with zero attached hydrogens (tertiary/aromatic N) is 1. The van der Waals surface area contributed by atoms with Crippen molar-refractivity contribution in [3.05, 3.63) is 64.4 Å². The van der Waals surface area contributed by atoms with E-state index in [0.717, 1.165) is 28.9 Å². The summed E-state index contributed by atoms with van der Waals surface area (Å²) in [7, 11) is 1.89. The van der Waals surface area contributed by atoms with Crippen LogP contribution in [0.4, 0.5) is 4.39 Å². The summed E-state index contributed by atoms with van der Waals surface area (Å²) in [6.07, 6.45) is 2.31. The van der Waals surface area contributed by atoms with Crippen LogP contribution in [0, 0.1) is 5.82 Å². The predicted molar refractivity (Wildman–Crippen MR) is 133 cm³/mol. The number of aliphatic hydroxyl groups excluding tert-OH is 1. The molecule has 0 unspecified atom stereocenters. The number of aliphatic hydroxyl groups is 1. The van der Waals surface area contributed by atoms with Gasteiger partial charge >= 0.3 is 5.97 Å². The molecule has 0 heterocycles. The van der Waals surface area contributed by atoms with Gasteiger partial charge in [0.15, 0.2) is 0 Å². The Morgan fingerprint density at radius 3 is 2.67 bits per heavy atom. The van der Waals surface area contributed by atoms with Crippen LogP contribution in [-0.2, 0) is 17.6 Å². The van der Waals surface area contributed by atoms with Crippen LogP contribution in [0.25, 0.3) is 0 Å². The number of carbonyl (C=O) groups is 1. The van der Waals surface area contributed by atoms with Gasteiger partial charge in [-0.05, 0) is 93.9 Å². The van der Waals surface area contributed by atoms with Gasteiger partial charge in [-0.2, -0.15) is 0 Å². The van der Waals surface area contributed by atoms with Crippen LogP contribution in [-0.4, -0.2) is 52.3 Å². The number of halogens is 2. The fraction of sp³-hybridized carbons (Fsp3) is 0.480. The third kappa shape index (κ3) is 10.9. The normalized spacial score (nSPS) is 12.8. The van der Waals surface area contributed by atoms with Crippen molar-refractivity contribution in [1.29, 1.82) is 0 Å². The maximum absolute atomic E-state index is 13.8. The highest BCUT2D eigenvalue weighted by atomic mass is 35.5. The maximum atomic E-state index is 13.8. The van der Waals surface area contributed by atoms with Gasteiger partial charge < -0.3 is 15.5 Å². The Morgan fingerprint density at radius 1 is 1.24 bits per heavy atom. The van der Waals surface area contributed by atoms with E-state index in [1.54, 1.807) is 12.1 Å². The number of hydrogen-bond donors (Lipinski definition) is 3. The molecule has 8 heteroatoms. The average Bonchev–Trinajstić information content (AvgIpc) is 2.72. The van der Waals surface area contributed by atoms with Gasteiger partial charge in [-0.25, -0.2) is 8.70 Å². The zero-order chi connectivity index (χ0) is 24.4. The zero-order valence-corrected chi connectivity index (χ0v) is 21.1. The second-order valence-electron chi connectivity index (χ2n) is 8.95. The van der Waals surface area contributed by atoms with E-state index < -0.39 is 12.1 Å². The van der Waals surface area contributed by atoms with E-state index in [4.69, 9.17) is 16.7 Å². The highest BCUT2D eigenvalue weighted by Gasteiger charge is 2.19. The van der Waals surface area contributed by atoms with E-state index in [1.165, 1.54) is 18.0 Å². The lowest BCUT2D eigenvalue weighted by atomic mass is 9.95. The molecule has 33 heavy (non-hydrogen) atoms. The monoisotopic (exact) mass is 496 g/mol. The Kier molecular flexibility index (Phi) is 11.1. The first-order chi connectivity index (χ1) is 15.5. The number of carboxylic acids is 1. The molecule has 0 aliphatic rings. The van der Waals surface area contributed by atoms with Gasteiger partial charge in [0.25, 0.3) is 0 Å². The Hall–Kier alpha value is -1.64. The molecule has 0 amide bonds. The van der Waals surface area contributed by atoms with Crippen molar-refractivity contribution < 1.29 is 19.4 Å². The van der Waals surface area contributed by atoms with E-state index in [-0.39, 0.29) is 17.8 Å². The first-order valence-electron chi connectivity index (χ1n) is 11.1. The molecule has 1 atom stereocenters. The smallest absolute Gasteiger partial charge is 0.303 e. The molecule has 3 N–H and O–H groups in total. The van der Waals surface area contributed by atoms with E-state index in [9.17, 15) is 14.3 Å². The summed E-state index contributed by atoms with van der Waals surface area (Å²) < 4.78 is 15.7. The van der Waals surface area contributed by atoms with Gasteiger partial charge in [-0.1, -0.05) is 29.8 Å². The van der Waals surface area contributed by atoms with E-state index in [2.05, 4.69) is 19.2 Å². The summed E-state index contributed by atoms with van der Waals surface area (Å²) in [5.74, 6) is -1.000. The number of likely N-dealkylation sites (N-methyl/N-ethyl adjacent to an activating group) is 1. The minimum atomic E-state index is -0.841. The van der Waals surface area contributed by atoms with Crippen molar-refractivity contribution in [2.45, 2.75) is 62.5 Å². The Labute approximate surface area is 205 Å². The number of benzene rings is 2. The van der Waals surface area contributed by atoms with Crippen LogP contribution in [0.3, 0.4) is 0 Å². The van der Waals surface area contributed by atoms with E-state index in [1.807, 2.05) is 35.6 Å². The van der Waals surface area contributed by atoms with Crippen molar-refractivity contribution >= 4 is 29.5 Å². The minimum absolute atomic E-state index is 0.0563. The molecule has 0 saturated heterocycles. The molecule has 0 saturated carbocycles. The highest BCUT2D eigenvalue weighted by Crippen LogP contribution is 2.27. The largest absolute Gasteiger partial charge is 0.481 e. The predicted octanol–water partition coefficient (Wildman–Crippen LogP) is 5.19. The topological polar surface area (TPSA) is 72.8 Å². The Bertz CT molecular complexity index is 913. The van der Waals surface area contributed by atoms with Crippen LogP contribution in [0.1, 0.15) is 44.2 Å². The molecule has 0 aliphatic heterocycles. The van der Waals surface area contributed by atoms with Gasteiger partial charge in [0.1, 0.15) is 5.82 Å². The van der Waals surface area contributed by atoms with E-state index >= 15 is 0 Å². The van der Waals surface area contributed by atoms with Gasteiger partial charge in [0.05, 0.1) is 6.10 Å². The molecule has 0 bridgehead atoms. The highest BCUT2D eigenvalue weighted by molar-refractivity contribution is 7.97. The summed E-state index contributed by atoms with van der Waals surface area (Å²) in [5, 5.41) is 23.4. The van der Waals surface area contributed by atoms with Crippen LogP contribution in [0.15, 0.2) is 47.4 Å². The summed E-state index contributed by atoms with van der Waals surface area (Å²) >= 11 is 7.64. The number of carboxylic acid groups (broad SMARTS) is 1. The molecule has 182 valence electrons. The summed E-state index contributed by atoms with van der Waals surface area (Å²) in [4.78, 5) is 11.7. The third-order valence-corrected chi connectivity index (χ3v) is 6.44. The SMILES string of the molecule is CN(C[C@H](O)CNC(C)(C)CCCc1ccccc1F)Sc1cc(Cl)cc(CCC(=O)O)c1. The quantitative estimate of drug-likeness (QED) is 0.313. The number of hydrogen-bond acceptors (Lipinski definition) is 5. The summed E-state index contributed by atoms with van der Waals surface area (Å²) in [6, 6.07) is 12.4. The van der Waals surface area contributed by atoms with Crippen molar-refractivity contribution in [3.63, 3.8) is 0 Å². The van der Waals surface area contributed by atoms with Gasteiger partial charge in [-0.3, -0.25) is 4.79 Å². The molecular weight excluding hydrogens is 463 g/mol. The number of rotatable bonds is 14. The maximum Gasteiger partial charge on any atom is 0.303 e. The zero-order valence-electron chi connectivity index (χ0n) is 19.5. The molecule has 0 aliphatic carbocycles. The van der Waals surface area contributed by atoms with Gasteiger partial charge in [0.2, 0.25) is 0 Å². The van der Waals surface area contributed by atoms with Crippen molar-refractivity contribution in [2.75, 3.05) is 20.1 Å². The fourth-order valence-corrected chi connectivity index (χ4v) is 4.86. The molecular formula is C25H34ClFN2O3S. The summed E-state index contributed by atoms with van der Waals surface area (Å²) in [5.41, 5.74) is 1.43. The number of aryl methyl sites for hydroxylation is 2. The van der Waals surface area contributed by atoms with Crippen molar-refractivity contribution in [3.8, 4) is 0 Å². The molecule has 0 radical (unpaired) electrons. The summed E-state index contributed by atoms with van der Waals surface area (Å²) in [6.45, 7) is 5.06. The average molecular weight is 497 g/mol. The van der Waals surface area contributed by atoms with Crippen LogP contribution < -0.4 is 5.32 Å². The number of aliphatic carboxylic acids is 1. The lowest BCUT2D eigenvalue weighted by Crippen LogP contribution is -2.45. The minimum Gasteiger partial charge on any atom is -0.481 e. The third-order valence-electron chi connectivity index (χ3n) is 5.31. The molecule has 0 fully saturated rings. The van der Waals surface area contributed by atoms with Crippen LogP contribution in [0.5, 0.6) is 0 Å². The van der Waals surface area contributed by atoms with Crippen molar-refractivity contribution in [1.82, 2.24) is 9.62 Å². The van der Waals surface area contributed by atoms with Crippen molar-refractivity contribution in [2.24, 2.45) is 0 Å². The molecule has 2 rings (SSSR count). The molecule has 0 aromatic heterocycles. The molecule has 5 nitrogen and oxygen atoms in total. The lowest BCUT2D eigenvalue weighted by Gasteiger charge is -2.29. The second-order valence-corrected chi connectivity index (χ2v) is 10.7. The standard InChI is InChI=1S/C25H34ClFN2O3S/c1-25(2,12-6-8-19-7-4-5-9-23(19)27)28-16-21(30)17-29(3)33-22-14-18(10-11-24(31)32)13-20(26)15-22/h4-5,7,9,13-15,21,28,30H,6,8,10-12,16-17H2,1-3H3,(H,31,32)/t21-/m1/s1. The molecule has 0 spiro atoms. The lowest BCUT2D eigenvalue weighted by molar-refractivity contribution is -0.136. The Balaban J connectivity index is 1.76. The first kappa shape index (κ1) is 27.6. The molecule has 2 aromatic rings. The van der Waals surface area contributed by atoms with Crippen LogP contribution >= 0.6 is 23.5 Å². The van der Waals surface area contributed by atoms with E-state index in [0.29, 0.717) is 31.0 Å². The fourth-order valence-electron chi connectivity index (χ4n) is 3.55. The Morgan fingerprint density at radius 2 is 1.97 bits per heavy atom. The second kappa shape index (κ2) is 13.3.